The largest absolute Gasteiger partial charge is 0.465 e. The van der Waals surface area contributed by atoms with Crippen LogP contribution in [0.1, 0.15) is 6.42 Å². The summed E-state index contributed by atoms with van der Waals surface area (Å²) in [6, 6.07) is 5.20. The molecule has 2 N–H and O–H groups in total. The van der Waals surface area contributed by atoms with Crippen molar-refractivity contribution in [3.63, 3.8) is 0 Å². The first-order valence-corrected chi connectivity index (χ1v) is 9.08. The molecule has 2 fully saturated rings. The van der Waals surface area contributed by atoms with Crippen molar-refractivity contribution in [1.82, 2.24) is 15.2 Å². The maximum atomic E-state index is 12.0. The van der Waals surface area contributed by atoms with E-state index in [4.69, 9.17) is 5.11 Å². The fourth-order valence-electron chi connectivity index (χ4n) is 3.11. The number of fused-ring (bicyclic) bond motifs is 1. The molecule has 2 aliphatic rings. The molecule has 4 rings (SSSR count). The van der Waals surface area contributed by atoms with Crippen LogP contribution in [0, 0.1) is 0 Å². The van der Waals surface area contributed by atoms with E-state index in [2.05, 4.69) is 15.2 Å². The maximum Gasteiger partial charge on any atom is 0.407 e. The smallest absolute Gasteiger partial charge is 0.407 e. The molecule has 10 heteroatoms. The SMILES string of the molecule is O=C1CCN(c2ccc3sc(N4CCN(C(=O)O)CC4)nc3c2)C(=O)N1. The Morgan fingerprint density at radius 1 is 1.15 bits per heavy atom. The first kappa shape index (κ1) is 16.6. The molecule has 0 bridgehead atoms. The number of amides is 4. The van der Waals surface area contributed by atoms with Gasteiger partial charge in [-0.1, -0.05) is 11.3 Å². The van der Waals surface area contributed by atoms with Gasteiger partial charge in [0.05, 0.1) is 10.2 Å². The zero-order valence-electron chi connectivity index (χ0n) is 13.8. The fourth-order valence-corrected chi connectivity index (χ4v) is 4.10. The number of carbonyl (C=O) groups is 3. The van der Waals surface area contributed by atoms with Gasteiger partial charge < -0.3 is 14.9 Å². The van der Waals surface area contributed by atoms with Gasteiger partial charge >= 0.3 is 12.1 Å². The van der Waals surface area contributed by atoms with Crippen molar-refractivity contribution in [2.24, 2.45) is 0 Å². The predicted octanol–water partition coefficient (Wildman–Crippen LogP) is 1.54. The number of carboxylic acid groups (broad SMARTS) is 1. The highest BCUT2D eigenvalue weighted by Gasteiger charge is 2.25. The van der Waals surface area contributed by atoms with Gasteiger partial charge in [-0.2, -0.15) is 0 Å². The van der Waals surface area contributed by atoms with E-state index in [1.165, 1.54) is 9.80 Å². The van der Waals surface area contributed by atoms with E-state index in [0.717, 1.165) is 15.3 Å². The van der Waals surface area contributed by atoms with Crippen LogP contribution in [0.2, 0.25) is 0 Å². The molecule has 4 amide bonds. The van der Waals surface area contributed by atoms with Gasteiger partial charge in [0.15, 0.2) is 5.13 Å². The summed E-state index contributed by atoms with van der Waals surface area (Å²) in [5, 5.41) is 12.2. The summed E-state index contributed by atoms with van der Waals surface area (Å²) < 4.78 is 0.998. The van der Waals surface area contributed by atoms with E-state index in [9.17, 15) is 14.4 Å². The number of imide groups is 1. The highest BCUT2D eigenvalue weighted by molar-refractivity contribution is 7.22. The Morgan fingerprint density at radius 2 is 1.92 bits per heavy atom. The molecule has 0 spiro atoms. The summed E-state index contributed by atoms with van der Waals surface area (Å²) in [5.41, 5.74) is 1.49. The first-order chi connectivity index (χ1) is 12.5. The second-order valence-electron chi connectivity index (χ2n) is 6.16. The van der Waals surface area contributed by atoms with Crippen molar-refractivity contribution in [2.45, 2.75) is 6.42 Å². The Morgan fingerprint density at radius 3 is 2.62 bits per heavy atom. The van der Waals surface area contributed by atoms with Crippen molar-refractivity contribution in [2.75, 3.05) is 42.5 Å². The Labute approximate surface area is 152 Å². The molecule has 2 saturated heterocycles. The Bertz CT molecular complexity index is 890. The quantitative estimate of drug-likeness (QED) is 0.825. The number of hydrogen-bond acceptors (Lipinski definition) is 6. The van der Waals surface area contributed by atoms with Crippen molar-refractivity contribution in [1.29, 1.82) is 0 Å². The number of carbonyl (C=O) groups excluding carboxylic acids is 2. The second kappa shape index (κ2) is 6.45. The van der Waals surface area contributed by atoms with Crippen molar-refractivity contribution in [3.8, 4) is 0 Å². The average Bonchev–Trinajstić information content (AvgIpc) is 3.05. The molecule has 1 aromatic heterocycles. The van der Waals surface area contributed by atoms with Crippen LogP contribution in [-0.2, 0) is 4.79 Å². The summed E-state index contributed by atoms with van der Waals surface area (Å²) in [6.07, 6.45) is -0.614. The fraction of sp³-hybridized carbons (Fsp3) is 0.375. The van der Waals surface area contributed by atoms with Crippen LogP contribution >= 0.6 is 11.3 Å². The number of anilines is 2. The number of benzene rings is 1. The Kier molecular flexibility index (Phi) is 4.11. The molecule has 0 atom stereocenters. The van der Waals surface area contributed by atoms with Gasteiger partial charge in [-0.3, -0.25) is 15.0 Å². The van der Waals surface area contributed by atoms with Gasteiger partial charge in [-0.15, -0.1) is 0 Å². The lowest BCUT2D eigenvalue weighted by molar-refractivity contribution is -0.120. The van der Waals surface area contributed by atoms with Crippen LogP contribution in [0.5, 0.6) is 0 Å². The molecule has 1 aromatic carbocycles. The van der Waals surface area contributed by atoms with E-state index in [0.29, 0.717) is 38.4 Å². The minimum absolute atomic E-state index is 0.260. The molecule has 136 valence electrons. The normalized spacial score (nSPS) is 18.4. The molecule has 0 aliphatic carbocycles. The van der Waals surface area contributed by atoms with Gasteiger partial charge in [0.25, 0.3) is 0 Å². The summed E-state index contributed by atoms with van der Waals surface area (Å²) in [6.45, 7) is 2.48. The highest BCUT2D eigenvalue weighted by atomic mass is 32.1. The molecule has 2 aliphatic heterocycles. The molecule has 9 nitrogen and oxygen atoms in total. The minimum Gasteiger partial charge on any atom is -0.465 e. The molecule has 3 heterocycles. The number of piperazine rings is 1. The van der Waals surface area contributed by atoms with E-state index in [-0.39, 0.29) is 12.3 Å². The molecule has 0 saturated carbocycles. The topological polar surface area (TPSA) is 106 Å². The molecule has 0 radical (unpaired) electrons. The predicted molar refractivity (Wildman–Crippen MR) is 96.9 cm³/mol. The molecule has 2 aromatic rings. The number of rotatable bonds is 2. The van der Waals surface area contributed by atoms with E-state index in [1.807, 2.05) is 18.2 Å². The highest BCUT2D eigenvalue weighted by Crippen LogP contribution is 2.32. The average molecular weight is 375 g/mol. The lowest BCUT2D eigenvalue weighted by Crippen LogP contribution is -2.49. The van der Waals surface area contributed by atoms with Gasteiger partial charge in [0, 0.05) is 44.8 Å². The maximum absolute atomic E-state index is 12.0. The number of thiazole rings is 1. The summed E-state index contributed by atoms with van der Waals surface area (Å²) in [4.78, 5) is 44.0. The zero-order chi connectivity index (χ0) is 18.3. The van der Waals surface area contributed by atoms with Gasteiger partial charge in [0.2, 0.25) is 5.91 Å². The Hall–Kier alpha value is -2.88. The van der Waals surface area contributed by atoms with Crippen molar-refractivity contribution >= 4 is 50.4 Å². The minimum atomic E-state index is -0.892. The number of urea groups is 1. The summed E-state index contributed by atoms with van der Waals surface area (Å²) in [7, 11) is 0. The summed E-state index contributed by atoms with van der Waals surface area (Å²) in [5.74, 6) is -0.260. The summed E-state index contributed by atoms with van der Waals surface area (Å²) >= 11 is 1.55. The third-order valence-corrected chi connectivity index (χ3v) is 5.64. The first-order valence-electron chi connectivity index (χ1n) is 8.26. The number of aromatic nitrogens is 1. The number of nitrogens with one attached hydrogen (secondary N) is 1. The second-order valence-corrected chi connectivity index (χ2v) is 7.17. The monoisotopic (exact) mass is 375 g/mol. The van der Waals surface area contributed by atoms with Gasteiger partial charge in [-0.25, -0.2) is 14.6 Å². The van der Waals surface area contributed by atoms with Crippen LogP contribution in [0.4, 0.5) is 20.4 Å². The van der Waals surface area contributed by atoms with Crippen LogP contribution in [0.15, 0.2) is 18.2 Å². The van der Waals surface area contributed by atoms with Crippen molar-refractivity contribution < 1.29 is 19.5 Å². The van der Waals surface area contributed by atoms with E-state index in [1.54, 1.807) is 11.3 Å². The lowest BCUT2D eigenvalue weighted by atomic mass is 10.2. The van der Waals surface area contributed by atoms with Gasteiger partial charge in [-0.05, 0) is 18.2 Å². The third kappa shape index (κ3) is 3.03. The molecule has 0 unspecified atom stereocenters. The Balaban J connectivity index is 1.54. The molecular formula is C16H17N5O4S. The lowest BCUT2D eigenvalue weighted by Gasteiger charge is -2.32. The van der Waals surface area contributed by atoms with Crippen LogP contribution in [0.25, 0.3) is 10.2 Å². The van der Waals surface area contributed by atoms with Crippen LogP contribution < -0.4 is 15.1 Å². The zero-order valence-corrected chi connectivity index (χ0v) is 14.7. The van der Waals surface area contributed by atoms with Gasteiger partial charge in [0.1, 0.15) is 0 Å². The van der Waals surface area contributed by atoms with E-state index >= 15 is 0 Å². The van der Waals surface area contributed by atoms with Crippen LogP contribution in [0.3, 0.4) is 0 Å². The van der Waals surface area contributed by atoms with E-state index < -0.39 is 12.1 Å². The van der Waals surface area contributed by atoms with Crippen LogP contribution in [-0.4, -0.2) is 65.7 Å². The number of hydrogen-bond donors (Lipinski definition) is 2. The molecule has 26 heavy (non-hydrogen) atoms. The third-order valence-electron chi connectivity index (χ3n) is 4.55. The number of nitrogens with zero attached hydrogens (tertiary/aromatic N) is 4. The molecular weight excluding hydrogens is 358 g/mol. The van der Waals surface area contributed by atoms with Crippen molar-refractivity contribution in [3.05, 3.63) is 18.2 Å². The standard InChI is InChI=1S/C16H17N5O4S/c22-13-3-4-21(14(23)18-13)10-1-2-12-11(9-10)17-15(26-12)19-5-7-20(8-6-19)16(24)25/h1-2,9H,3-8H2,(H,24,25)(H,18,22,23).